The molecule has 0 fully saturated rings. The number of hydrogen-bond acceptors (Lipinski definition) is 2. The molecular formula is C10H9BrN2O. The van der Waals surface area contributed by atoms with E-state index in [1.54, 1.807) is 0 Å². The number of benzene rings is 1. The molecule has 14 heavy (non-hydrogen) atoms. The van der Waals surface area contributed by atoms with Gasteiger partial charge in [-0.2, -0.15) is 0 Å². The number of hydrogen-bond donors (Lipinski definition) is 1. The van der Waals surface area contributed by atoms with Crippen molar-refractivity contribution in [2.75, 3.05) is 0 Å². The van der Waals surface area contributed by atoms with Crippen molar-refractivity contribution in [3.63, 3.8) is 0 Å². The number of nitrogens with one attached hydrogen (secondary N) is 1. The molecule has 1 aromatic heterocycles. The molecule has 1 N–H and O–H groups in total. The molecule has 0 aliphatic carbocycles. The summed E-state index contributed by atoms with van der Waals surface area (Å²) in [5.41, 5.74) is 2.68. The van der Waals surface area contributed by atoms with Crippen molar-refractivity contribution in [1.82, 2.24) is 9.97 Å². The molecule has 0 saturated carbocycles. The summed E-state index contributed by atoms with van der Waals surface area (Å²) in [6, 6.07) is 1.90. The van der Waals surface area contributed by atoms with Crippen molar-refractivity contribution in [1.29, 1.82) is 0 Å². The Balaban J connectivity index is 3.07. The number of aryl methyl sites for hydroxylation is 2. The molecule has 72 valence electrons. The maximum absolute atomic E-state index is 11.5. The van der Waals surface area contributed by atoms with E-state index in [0.717, 1.165) is 21.1 Å². The Kier molecular flexibility index (Phi) is 2.15. The van der Waals surface area contributed by atoms with Gasteiger partial charge in [-0.15, -0.1) is 0 Å². The first-order valence-corrected chi connectivity index (χ1v) is 5.03. The molecule has 0 amide bonds. The number of halogens is 1. The lowest BCUT2D eigenvalue weighted by Crippen LogP contribution is -2.08. The Morgan fingerprint density at radius 3 is 2.86 bits per heavy atom. The first kappa shape index (κ1) is 9.40. The van der Waals surface area contributed by atoms with Crippen LogP contribution in [-0.4, -0.2) is 9.97 Å². The highest BCUT2D eigenvalue weighted by atomic mass is 79.9. The normalized spacial score (nSPS) is 10.8. The lowest BCUT2D eigenvalue weighted by Gasteiger charge is -2.05. The summed E-state index contributed by atoms with van der Waals surface area (Å²) in [6.07, 6.45) is 1.43. The Bertz CT molecular complexity index is 560. The van der Waals surface area contributed by atoms with Gasteiger partial charge >= 0.3 is 0 Å². The summed E-state index contributed by atoms with van der Waals surface area (Å²) in [6.45, 7) is 3.90. The van der Waals surface area contributed by atoms with Crippen LogP contribution in [0.15, 0.2) is 21.7 Å². The van der Waals surface area contributed by atoms with Crippen LogP contribution in [0.1, 0.15) is 11.1 Å². The molecule has 2 rings (SSSR count). The van der Waals surface area contributed by atoms with Gasteiger partial charge in [0.1, 0.15) is 0 Å². The van der Waals surface area contributed by atoms with Crippen LogP contribution < -0.4 is 5.56 Å². The Morgan fingerprint density at radius 1 is 1.43 bits per heavy atom. The fourth-order valence-electron chi connectivity index (χ4n) is 1.56. The SMILES string of the molecule is Cc1cc2nc[nH]c(=O)c2c(C)c1Br. The topological polar surface area (TPSA) is 45.8 Å². The molecule has 1 aromatic carbocycles. The predicted molar refractivity (Wildman–Crippen MR) is 59.5 cm³/mol. The van der Waals surface area contributed by atoms with Crippen LogP contribution in [-0.2, 0) is 0 Å². The van der Waals surface area contributed by atoms with Crippen LogP contribution in [0.25, 0.3) is 10.9 Å². The second-order valence-electron chi connectivity index (χ2n) is 3.26. The van der Waals surface area contributed by atoms with E-state index in [-0.39, 0.29) is 5.56 Å². The summed E-state index contributed by atoms with van der Waals surface area (Å²) in [5.74, 6) is 0. The third kappa shape index (κ3) is 1.26. The molecule has 0 bridgehead atoms. The van der Waals surface area contributed by atoms with Crippen molar-refractivity contribution in [3.05, 3.63) is 38.3 Å². The van der Waals surface area contributed by atoms with Gasteiger partial charge in [0.15, 0.2) is 0 Å². The van der Waals surface area contributed by atoms with Gasteiger partial charge in [-0.25, -0.2) is 4.98 Å². The highest BCUT2D eigenvalue weighted by Gasteiger charge is 2.08. The molecule has 4 heteroatoms. The van der Waals surface area contributed by atoms with E-state index in [0.29, 0.717) is 5.39 Å². The standard InChI is InChI=1S/C10H9BrN2O/c1-5-3-7-8(6(2)9(5)11)10(14)13-4-12-7/h3-4H,1-2H3,(H,12,13,14). The van der Waals surface area contributed by atoms with Crippen molar-refractivity contribution >= 4 is 26.8 Å². The van der Waals surface area contributed by atoms with Gasteiger partial charge in [-0.3, -0.25) is 4.79 Å². The van der Waals surface area contributed by atoms with Gasteiger partial charge in [0.2, 0.25) is 0 Å². The molecule has 0 aliphatic heterocycles. The molecule has 0 spiro atoms. The predicted octanol–water partition coefficient (Wildman–Crippen LogP) is 2.30. The van der Waals surface area contributed by atoms with Crippen molar-refractivity contribution in [3.8, 4) is 0 Å². The number of fused-ring (bicyclic) bond motifs is 1. The first-order valence-electron chi connectivity index (χ1n) is 4.24. The number of H-pyrrole nitrogens is 1. The minimum Gasteiger partial charge on any atom is -0.313 e. The number of aromatic nitrogens is 2. The molecule has 1 heterocycles. The van der Waals surface area contributed by atoms with Crippen LogP contribution in [0.5, 0.6) is 0 Å². The largest absolute Gasteiger partial charge is 0.313 e. The molecular weight excluding hydrogens is 244 g/mol. The maximum Gasteiger partial charge on any atom is 0.258 e. The zero-order valence-corrected chi connectivity index (χ0v) is 9.47. The summed E-state index contributed by atoms with van der Waals surface area (Å²) >= 11 is 3.45. The van der Waals surface area contributed by atoms with E-state index in [1.807, 2.05) is 19.9 Å². The third-order valence-corrected chi connectivity index (χ3v) is 3.51. The lowest BCUT2D eigenvalue weighted by atomic mass is 10.1. The minimum absolute atomic E-state index is 0.0896. The Morgan fingerprint density at radius 2 is 2.14 bits per heavy atom. The minimum atomic E-state index is -0.0896. The van der Waals surface area contributed by atoms with Crippen LogP contribution in [0.2, 0.25) is 0 Å². The second kappa shape index (κ2) is 3.20. The van der Waals surface area contributed by atoms with E-state index in [1.165, 1.54) is 6.33 Å². The van der Waals surface area contributed by atoms with Gasteiger partial charge in [0, 0.05) is 4.47 Å². The summed E-state index contributed by atoms with van der Waals surface area (Å²) in [5, 5.41) is 0.657. The van der Waals surface area contributed by atoms with Crippen LogP contribution in [0.3, 0.4) is 0 Å². The van der Waals surface area contributed by atoms with E-state index >= 15 is 0 Å². The molecule has 0 unspecified atom stereocenters. The molecule has 3 nitrogen and oxygen atoms in total. The highest BCUT2D eigenvalue weighted by Crippen LogP contribution is 2.25. The first-order chi connectivity index (χ1) is 6.61. The average Bonchev–Trinajstić information content (AvgIpc) is 2.14. The molecule has 0 aliphatic rings. The van der Waals surface area contributed by atoms with Crippen molar-refractivity contribution in [2.45, 2.75) is 13.8 Å². The molecule has 0 saturated heterocycles. The smallest absolute Gasteiger partial charge is 0.258 e. The summed E-state index contributed by atoms with van der Waals surface area (Å²) in [7, 11) is 0. The van der Waals surface area contributed by atoms with Crippen molar-refractivity contribution in [2.24, 2.45) is 0 Å². The van der Waals surface area contributed by atoms with Gasteiger partial charge < -0.3 is 4.98 Å². The lowest BCUT2D eigenvalue weighted by molar-refractivity contribution is 1.16. The van der Waals surface area contributed by atoms with Crippen molar-refractivity contribution < 1.29 is 0 Å². The highest BCUT2D eigenvalue weighted by molar-refractivity contribution is 9.10. The Hall–Kier alpha value is -1.16. The fourth-order valence-corrected chi connectivity index (χ4v) is 1.87. The summed E-state index contributed by atoms with van der Waals surface area (Å²) in [4.78, 5) is 18.2. The quantitative estimate of drug-likeness (QED) is 0.782. The monoisotopic (exact) mass is 252 g/mol. The zero-order valence-electron chi connectivity index (χ0n) is 7.89. The maximum atomic E-state index is 11.5. The fraction of sp³-hybridized carbons (Fsp3) is 0.200. The van der Waals surface area contributed by atoms with Gasteiger partial charge in [0.25, 0.3) is 5.56 Å². The second-order valence-corrected chi connectivity index (χ2v) is 4.05. The van der Waals surface area contributed by atoms with E-state index in [9.17, 15) is 4.79 Å². The molecule has 0 radical (unpaired) electrons. The zero-order chi connectivity index (χ0) is 10.3. The number of rotatable bonds is 0. The molecule has 2 aromatic rings. The van der Waals surface area contributed by atoms with Gasteiger partial charge in [-0.05, 0) is 31.0 Å². The summed E-state index contributed by atoms with van der Waals surface area (Å²) < 4.78 is 0.975. The van der Waals surface area contributed by atoms with Gasteiger partial charge in [-0.1, -0.05) is 15.9 Å². The average molecular weight is 253 g/mol. The van der Waals surface area contributed by atoms with E-state index in [4.69, 9.17) is 0 Å². The molecule has 0 atom stereocenters. The third-order valence-electron chi connectivity index (χ3n) is 2.29. The van der Waals surface area contributed by atoms with Crippen LogP contribution in [0, 0.1) is 13.8 Å². The van der Waals surface area contributed by atoms with E-state index in [2.05, 4.69) is 25.9 Å². The number of nitrogens with zero attached hydrogens (tertiary/aromatic N) is 1. The van der Waals surface area contributed by atoms with Crippen LogP contribution in [0.4, 0.5) is 0 Å². The van der Waals surface area contributed by atoms with Gasteiger partial charge in [0.05, 0.1) is 17.2 Å². The van der Waals surface area contributed by atoms with Crippen LogP contribution >= 0.6 is 15.9 Å². The van der Waals surface area contributed by atoms with E-state index < -0.39 is 0 Å². The number of aromatic amines is 1. The Labute approximate surface area is 89.3 Å².